The van der Waals surface area contributed by atoms with E-state index in [9.17, 15) is 29.3 Å². The van der Waals surface area contributed by atoms with Crippen molar-refractivity contribution in [2.75, 3.05) is 31.8 Å². The first-order valence-electron chi connectivity index (χ1n) is 12.3. The Kier molecular flexibility index (Phi) is 8.14. The zero-order valence-electron chi connectivity index (χ0n) is 23.6. The molecule has 6 N–H and O–H groups in total. The monoisotopic (exact) mass is 583 g/mol. The summed E-state index contributed by atoms with van der Waals surface area (Å²) in [5.74, 6) is -1.32. The molecule has 0 aliphatic heterocycles. The number of aromatic nitrogens is 5. The molecule has 1 aromatic carbocycles. The zero-order valence-corrected chi connectivity index (χ0v) is 23.6. The maximum atomic E-state index is 15.0. The largest absolute Gasteiger partial charge is 0.494 e. The zero-order chi connectivity index (χ0) is 30.9. The van der Waals surface area contributed by atoms with Crippen LogP contribution in [0.1, 0.15) is 26.5 Å². The lowest BCUT2D eigenvalue weighted by atomic mass is 10.1. The second-order valence-corrected chi connectivity index (χ2v) is 9.52. The van der Waals surface area contributed by atoms with Crippen LogP contribution in [0.3, 0.4) is 0 Å². The van der Waals surface area contributed by atoms with Crippen LogP contribution >= 0.6 is 0 Å². The molecule has 2 amide bonds. The molecular weight excluding hydrogens is 553 g/mol. The Morgan fingerprint density at radius 2 is 1.69 bits per heavy atom. The van der Waals surface area contributed by atoms with Crippen molar-refractivity contribution in [2.24, 2.45) is 14.1 Å². The number of nitrogens with one attached hydrogen (secondary N) is 3. The van der Waals surface area contributed by atoms with Gasteiger partial charge in [0.1, 0.15) is 17.3 Å². The van der Waals surface area contributed by atoms with Crippen molar-refractivity contribution in [1.29, 1.82) is 0 Å². The second kappa shape index (κ2) is 11.4. The van der Waals surface area contributed by atoms with Crippen LogP contribution in [0.15, 0.2) is 36.5 Å². The quantitative estimate of drug-likeness (QED) is 0.155. The Labute approximate surface area is 239 Å². The summed E-state index contributed by atoms with van der Waals surface area (Å²) in [6.07, 6.45) is -2.41. The molecule has 42 heavy (non-hydrogen) atoms. The number of nitrogens with zero attached hydrogens (tertiary/aromatic N) is 6. The second-order valence-electron chi connectivity index (χ2n) is 9.52. The van der Waals surface area contributed by atoms with Crippen LogP contribution in [0.4, 0.5) is 27.4 Å². The Hall–Kier alpha value is -5.06. The molecular formula is C26H30FN9O6. The van der Waals surface area contributed by atoms with Gasteiger partial charge >= 0.3 is 6.10 Å². The first-order chi connectivity index (χ1) is 19.7. The van der Waals surface area contributed by atoms with Gasteiger partial charge in [0.05, 0.1) is 29.7 Å². The number of ether oxygens (including phenoxy) is 1. The van der Waals surface area contributed by atoms with Gasteiger partial charge in [-0.25, -0.2) is 9.37 Å². The van der Waals surface area contributed by atoms with Crippen molar-refractivity contribution in [3.05, 3.63) is 59.3 Å². The molecule has 3 heterocycles. The SMILES string of the molecule is COc1c(Nc2cc(Nc3cc(C)n(C)n3)ncc2C(=O)NC(O)(O)O)cc(F)cc1-c1cc(C(=O)N(C)C)n(C)n1. The lowest BCUT2D eigenvalue weighted by Gasteiger charge is -2.19. The average molecular weight is 584 g/mol. The molecule has 222 valence electrons. The van der Waals surface area contributed by atoms with Gasteiger partial charge in [-0.1, -0.05) is 0 Å². The van der Waals surface area contributed by atoms with E-state index >= 15 is 0 Å². The number of hydrogen-bond acceptors (Lipinski definition) is 11. The summed E-state index contributed by atoms with van der Waals surface area (Å²) in [7, 11) is 7.87. The van der Waals surface area contributed by atoms with E-state index in [-0.39, 0.29) is 51.4 Å². The van der Waals surface area contributed by atoms with Gasteiger partial charge in [-0.2, -0.15) is 10.2 Å². The minimum absolute atomic E-state index is 0.0150. The number of aryl methyl sites for hydroxylation is 3. The highest BCUT2D eigenvalue weighted by molar-refractivity contribution is 6.01. The third-order valence-corrected chi connectivity index (χ3v) is 6.11. The Morgan fingerprint density at radius 3 is 2.29 bits per heavy atom. The summed E-state index contributed by atoms with van der Waals surface area (Å²) in [5, 5.41) is 44.1. The molecule has 0 atom stereocenters. The molecule has 0 unspecified atom stereocenters. The molecule has 0 aliphatic carbocycles. The van der Waals surface area contributed by atoms with Gasteiger partial charge in [-0.05, 0) is 19.1 Å². The minimum atomic E-state index is -3.51. The summed E-state index contributed by atoms with van der Waals surface area (Å²) in [4.78, 5) is 30.9. The van der Waals surface area contributed by atoms with E-state index in [1.165, 1.54) is 34.9 Å². The Morgan fingerprint density at radius 1 is 0.976 bits per heavy atom. The smallest absolute Gasteiger partial charge is 0.369 e. The first-order valence-corrected chi connectivity index (χ1v) is 12.3. The lowest BCUT2D eigenvalue weighted by molar-refractivity contribution is -0.323. The molecule has 0 bridgehead atoms. The molecule has 0 radical (unpaired) electrons. The predicted molar refractivity (Wildman–Crippen MR) is 149 cm³/mol. The number of carbonyl (C=O) groups excluding carboxylic acids is 2. The van der Waals surface area contributed by atoms with Crippen molar-refractivity contribution < 1.29 is 34.0 Å². The molecule has 0 fully saturated rings. The van der Waals surface area contributed by atoms with Crippen molar-refractivity contribution in [3.8, 4) is 17.0 Å². The molecule has 15 nitrogen and oxygen atoms in total. The van der Waals surface area contributed by atoms with Crippen molar-refractivity contribution in [1.82, 2.24) is 34.8 Å². The van der Waals surface area contributed by atoms with Gasteiger partial charge in [-0.15, -0.1) is 0 Å². The van der Waals surface area contributed by atoms with Crippen LogP contribution in [0, 0.1) is 12.7 Å². The van der Waals surface area contributed by atoms with E-state index in [1.807, 2.05) is 6.92 Å². The number of pyridine rings is 1. The van der Waals surface area contributed by atoms with Crippen LogP contribution in [0.5, 0.6) is 5.75 Å². The first kappa shape index (κ1) is 29.9. The third kappa shape index (κ3) is 6.46. The number of aliphatic hydroxyl groups is 3. The van der Waals surface area contributed by atoms with E-state index in [4.69, 9.17) is 4.74 Å². The summed E-state index contributed by atoms with van der Waals surface area (Å²) in [5.41, 5.74) is 1.39. The number of hydrogen-bond donors (Lipinski definition) is 6. The van der Waals surface area contributed by atoms with Crippen molar-refractivity contribution >= 4 is 34.8 Å². The van der Waals surface area contributed by atoms with Gasteiger partial charge in [0.25, 0.3) is 11.8 Å². The average Bonchev–Trinajstić information content (AvgIpc) is 3.42. The number of halogens is 1. The number of methoxy groups -OCH3 is 1. The number of benzene rings is 1. The van der Waals surface area contributed by atoms with Gasteiger partial charge in [-0.3, -0.25) is 24.3 Å². The maximum absolute atomic E-state index is 15.0. The fourth-order valence-electron chi connectivity index (χ4n) is 4.05. The van der Waals surface area contributed by atoms with Gasteiger partial charge in [0.15, 0.2) is 11.6 Å². The highest BCUT2D eigenvalue weighted by Crippen LogP contribution is 2.39. The van der Waals surface area contributed by atoms with Crippen LogP contribution in [-0.4, -0.2) is 83.9 Å². The van der Waals surface area contributed by atoms with Gasteiger partial charge in [0, 0.05) is 63.8 Å². The lowest BCUT2D eigenvalue weighted by Crippen LogP contribution is -2.48. The van der Waals surface area contributed by atoms with Crippen molar-refractivity contribution in [2.45, 2.75) is 13.0 Å². The Balaban J connectivity index is 1.80. The fourth-order valence-corrected chi connectivity index (χ4v) is 4.05. The Bertz CT molecular complexity index is 1640. The van der Waals surface area contributed by atoms with E-state index in [1.54, 1.807) is 44.3 Å². The standard InChI is InChI=1S/C26H30FN9O6/c1-13-7-22(33-35(13)4)30-21-11-17(16(12-28-21)24(37)31-26(39,40)41)29-19-9-14(27)8-15(23(19)42-6)18-10-20(36(5)32-18)25(38)34(2)3/h7-12,39-41H,1-6H3,(H,31,37)(H2,28,29,30,33). The van der Waals surface area contributed by atoms with E-state index in [0.29, 0.717) is 5.82 Å². The number of anilines is 4. The molecule has 0 aliphatic rings. The topological polar surface area (TPSA) is 192 Å². The maximum Gasteiger partial charge on any atom is 0.369 e. The van der Waals surface area contributed by atoms with Crippen LogP contribution < -0.4 is 20.7 Å². The number of amides is 2. The van der Waals surface area contributed by atoms with E-state index in [2.05, 4.69) is 25.8 Å². The van der Waals surface area contributed by atoms with Crippen LogP contribution in [-0.2, 0) is 14.1 Å². The van der Waals surface area contributed by atoms with Gasteiger partial charge in [0.2, 0.25) is 0 Å². The van der Waals surface area contributed by atoms with Gasteiger partial charge < -0.3 is 35.6 Å². The predicted octanol–water partition coefficient (Wildman–Crippen LogP) is 1.18. The molecule has 4 aromatic rings. The summed E-state index contributed by atoms with van der Waals surface area (Å²) in [6.45, 7) is 1.85. The molecule has 16 heteroatoms. The fraction of sp³-hybridized carbons (Fsp3) is 0.269. The molecule has 3 aromatic heterocycles. The number of rotatable bonds is 9. The molecule has 0 saturated carbocycles. The number of carbonyl (C=O) groups is 2. The highest BCUT2D eigenvalue weighted by atomic mass is 19.1. The van der Waals surface area contributed by atoms with Crippen molar-refractivity contribution in [3.63, 3.8) is 0 Å². The highest BCUT2D eigenvalue weighted by Gasteiger charge is 2.26. The third-order valence-electron chi connectivity index (χ3n) is 6.11. The van der Waals surface area contributed by atoms with E-state index < -0.39 is 17.8 Å². The van der Waals surface area contributed by atoms with Crippen LogP contribution in [0.25, 0.3) is 11.3 Å². The minimum Gasteiger partial charge on any atom is -0.494 e. The van der Waals surface area contributed by atoms with E-state index in [0.717, 1.165) is 18.0 Å². The molecule has 0 spiro atoms. The summed E-state index contributed by atoms with van der Waals surface area (Å²) in [6, 6.07) is 6.95. The normalized spacial score (nSPS) is 11.3. The molecule has 0 saturated heterocycles. The summed E-state index contributed by atoms with van der Waals surface area (Å²) >= 11 is 0. The summed E-state index contributed by atoms with van der Waals surface area (Å²) < 4.78 is 23.6. The molecule has 4 rings (SSSR count). The van der Waals surface area contributed by atoms with Crippen LogP contribution in [0.2, 0.25) is 0 Å².